The lowest BCUT2D eigenvalue weighted by atomic mass is 10.0. The Morgan fingerprint density at radius 1 is 1.29 bits per heavy atom. The Bertz CT molecular complexity index is 538. The van der Waals surface area contributed by atoms with Crippen molar-refractivity contribution in [3.63, 3.8) is 0 Å². The lowest BCUT2D eigenvalue weighted by molar-refractivity contribution is -0.127. The van der Waals surface area contributed by atoms with Gasteiger partial charge < -0.3 is 10.1 Å². The normalized spacial score (nSPS) is 16.4. The second kappa shape index (κ2) is 9.36. The molecule has 1 amide bonds. The zero-order valence-electron chi connectivity index (χ0n) is 15.4. The van der Waals surface area contributed by atoms with Crippen LogP contribution in [0.25, 0.3) is 0 Å². The SMILES string of the molecule is Cc1ccc(C(C)C)c(O[C@@H](C)C(=O)NCCSC2CCCC2)c1. The summed E-state index contributed by atoms with van der Waals surface area (Å²) >= 11 is 1.99. The van der Waals surface area contributed by atoms with Crippen molar-refractivity contribution in [2.24, 2.45) is 0 Å². The first-order chi connectivity index (χ1) is 11.5. The van der Waals surface area contributed by atoms with Gasteiger partial charge in [-0.3, -0.25) is 4.79 Å². The van der Waals surface area contributed by atoms with Crippen molar-refractivity contribution >= 4 is 17.7 Å². The molecule has 1 aliphatic carbocycles. The minimum atomic E-state index is -0.471. The van der Waals surface area contributed by atoms with Gasteiger partial charge >= 0.3 is 0 Å². The number of amides is 1. The van der Waals surface area contributed by atoms with Crippen LogP contribution in [0.4, 0.5) is 0 Å². The summed E-state index contributed by atoms with van der Waals surface area (Å²) in [5.74, 6) is 2.16. The third-order valence-electron chi connectivity index (χ3n) is 4.52. The van der Waals surface area contributed by atoms with E-state index in [-0.39, 0.29) is 5.91 Å². The Balaban J connectivity index is 1.79. The van der Waals surface area contributed by atoms with E-state index in [0.29, 0.717) is 5.92 Å². The van der Waals surface area contributed by atoms with E-state index in [9.17, 15) is 4.79 Å². The van der Waals surface area contributed by atoms with Crippen molar-refractivity contribution in [1.82, 2.24) is 5.32 Å². The van der Waals surface area contributed by atoms with Crippen molar-refractivity contribution < 1.29 is 9.53 Å². The molecule has 4 heteroatoms. The Labute approximate surface area is 150 Å². The smallest absolute Gasteiger partial charge is 0.260 e. The van der Waals surface area contributed by atoms with E-state index < -0.39 is 6.10 Å². The molecule has 0 heterocycles. The van der Waals surface area contributed by atoms with Gasteiger partial charge in [-0.1, -0.05) is 38.8 Å². The predicted molar refractivity (Wildman–Crippen MR) is 103 cm³/mol. The van der Waals surface area contributed by atoms with Crippen molar-refractivity contribution in [2.75, 3.05) is 12.3 Å². The van der Waals surface area contributed by atoms with Crippen LogP contribution in [0.3, 0.4) is 0 Å². The number of carbonyl (C=O) groups is 1. The summed E-state index contributed by atoms with van der Waals surface area (Å²) in [7, 11) is 0. The molecule has 1 atom stereocenters. The van der Waals surface area contributed by atoms with Crippen molar-refractivity contribution in [1.29, 1.82) is 0 Å². The van der Waals surface area contributed by atoms with Crippen LogP contribution in [0, 0.1) is 6.92 Å². The average Bonchev–Trinajstić information content (AvgIpc) is 3.04. The highest BCUT2D eigenvalue weighted by atomic mass is 32.2. The van der Waals surface area contributed by atoms with E-state index in [1.165, 1.54) is 25.7 Å². The van der Waals surface area contributed by atoms with Crippen LogP contribution in [0.15, 0.2) is 18.2 Å². The van der Waals surface area contributed by atoms with E-state index in [1.807, 2.05) is 31.7 Å². The van der Waals surface area contributed by atoms with Gasteiger partial charge in [0.2, 0.25) is 0 Å². The number of carbonyl (C=O) groups excluding carboxylic acids is 1. The largest absolute Gasteiger partial charge is 0.481 e. The van der Waals surface area contributed by atoms with Gasteiger partial charge in [-0.15, -0.1) is 0 Å². The number of nitrogens with one attached hydrogen (secondary N) is 1. The van der Waals surface area contributed by atoms with Crippen LogP contribution in [0.1, 0.15) is 63.5 Å². The molecule has 1 aliphatic rings. The van der Waals surface area contributed by atoms with E-state index in [4.69, 9.17) is 4.74 Å². The van der Waals surface area contributed by atoms with Gasteiger partial charge in [-0.05, 0) is 49.8 Å². The summed E-state index contributed by atoms with van der Waals surface area (Å²) in [6.07, 6.45) is 4.93. The zero-order chi connectivity index (χ0) is 17.5. The summed E-state index contributed by atoms with van der Waals surface area (Å²) in [4.78, 5) is 12.3. The highest BCUT2D eigenvalue weighted by molar-refractivity contribution is 7.99. The highest BCUT2D eigenvalue weighted by Crippen LogP contribution is 2.29. The van der Waals surface area contributed by atoms with Crippen LogP contribution in [0.5, 0.6) is 5.75 Å². The molecule has 0 aromatic heterocycles. The third-order valence-corrected chi connectivity index (χ3v) is 5.90. The van der Waals surface area contributed by atoms with Crippen LogP contribution in [-0.2, 0) is 4.79 Å². The molecule has 1 fully saturated rings. The predicted octanol–water partition coefficient (Wildman–Crippen LogP) is 4.68. The van der Waals surface area contributed by atoms with Gasteiger partial charge in [0.15, 0.2) is 6.10 Å². The zero-order valence-corrected chi connectivity index (χ0v) is 16.2. The number of ether oxygens (including phenoxy) is 1. The first-order valence-electron chi connectivity index (χ1n) is 9.14. The molecular formula is C20H31NO2S. The molecule has 0 radical (unpaired) electrons. The lowest BCUT2D eigenvalue weighted by Gasteiger charge is -2.19. The van der Waals surface area contributed by atoms with Gasteiger partial charge in [0.25, 0.3) is 5.91 Å². The Morgan fingerprint density at radius 2 is 2.00 bits per heavy atom. The summed E-state index contributed by atoms with van der Waals surface area (Å²) in [6, 6.07) is 6.21. The molecule has 0 spiro atoms. The number of rotatable bonds is 8. The number of aryl methyl sites for hydroxylation is 1. The van der Waals surface area contributed by atoms with Crippen LogP contribution in [-0.4, -0.2) is 29.6 Å². The Kier molecular flexibility index (Phi) is 7.47. The molecule has 1 aromatic rings. The van der Waals surface area contributed by atoms with Crippen LogP contribution >= 0.6 is 11.8 Å². The molecule has 1 aromatic carbocycles. The fourth-order valence-electron chi connectivity index (χ4n) is 3.06. The Morgan fingerprint density at radius 3 is 2.67 bits per heavy atom. The van der Waals surface area contributed by atoms with E-state index in [2.05, 4.69) is 31.3 Å². The Hall–Kier alpha value is -1.16. The van der Waals surface area contributed by atoms with Gasteiger partial charge in [-0.2, -0.15) is 11.8 Å². The van der Waals surface area contributed by atoms with Gasteiger partial charge in [0.05, 0.1) is 0 Å². The molecular weight excluding hydrogens is 318 g/mol. The van der Waals surface area contributed by atoms with E-state index in [0.717, 1.165) is 34.4 Å². The second-order valence-corrected chi connectivity index (χ2v) is 8.43. The van der Waals surface area contributed by atoms with Crippen molar-refractivity contribution in [3.8, 4) is 5.75 Å². The monoisotopic (exact) mass is 349 g/mol. The fourth-order valence-corrected chi connectivity index (χ4v) is 4.28. The maximum Gasteiger partial charge on any atom is 0.260 e. The van der Waals surface area contributed by atoms with Crippen molar-refractivity contribution in [2.45, 2.75) is 70.7 Å². The third kappa shape index (κ3) is 5.73. The highest BCUT2D eigenvalue weighted by Gasteiger charge is 2.18. The molecule has 3 nitrogen and oxygen atoms in total. The molecule has 0 bridgehead atoms. The quantitative estimate of drug-likeness (QED) is 0.693. The molecule has 0 aliphatic heterocycles. The second-order valence-electron chi connectivity index (χ2n) is 7.02. The summed E-state index contributed by atoms with van der Waals surface area (Å²) in [5.41, 5.74) is 2.30. The minimum absolute atomic E-state index is 0.0294. The standard InChI is InChI=1S/C20H31NO2S/c1-14(2)18-10-9-15(3)13-19(18)23-16(4)20(22)21-11-12-24-17-7-5-6-8-17/h9-10,13-14,16-17H,5-8,11-12H2,1-4H3,(H,21,22)/t16-/m0/s1. The summed E-state index contributed by atoms with van der Waals surface area (Å²) < 4.78 is 5.96. The summed E-state index contributed by atoms with van der Waals surface area (Å²) in [6.45, 7) is 8.87. The van der Waals surface area contributed by atoms with E-state index in [1.54, 1.807) is 0 Å². The molecule has 134 valence electrons. The van der Waals surface area contributed by atoms with Gasteiger partial charge in [0.1, 0.15) is 5.75 Å². The number of thioether (sulfide) groups is 1. The first kappa shape index (κ1) is 19.2. The number of hydrogen-bond donors (Lipinski definition) is 1. The first-order valence-corrected chi connectivity index (χ1v) is 10.2. The van der Waals surface area contributed by atoms with E-state index >= 15 is 0 Å². The topological polar surface area (TPSA) is 38.3 Å². The summed E-state index contributed by atoms with van der Waals surface area (Å²) in [5, 5.41) is 3.81. The maximum atomic E-state index is 12.3. The average molecular weight is 350 g/mol. The molecule has 1 N–H and O–H groups in total. The number of hydrogen-bond acceptors (Lipinski definition) is 3. The van der Waals surface area contributed by atoms with Crippen LogP contribution < -0.4 is 10.1 Å². The molecule has 0 unspecified atom stereocenters. The van der Waals surface area contributed by atoms with Crippen LogP contribution in [0.2, 0.25) is 0 Å². The fraction of sp³-hybridized carbons (Fsp3) is 0.650. The molecule has 0 saturated heterocycles. The minimum Gasteiger partial charge on any atom is -0.481 e. The number of benzene rings is 1. The maximum absolute atomic E-state index is 12.3. The molecule has 2 rings (SSSR count). The van der Waals surface area contributed by atoms with Gasteiger partial charge in [0, 0.05) is 17.5 Å². The van der Waals surface area contributed by atoms with Gasteiger partial charge in [-0.25, -0.2) is 0 Å². The molecule has 24 heavy (non-hydrogen) atoms. The molecule has 1 saturated carbocycles. The lowest BCUT2D eigenvalue weighted by Crippen LogP contribution is -2.37. The van der Waals surface area contributed by atoms with Crippen molar-refractivity contribution in [3.05, 3.63) is 29.3 Å².